The normalized spacial score (nSPS) is 10.7. The van der Waals surface area contributed by atoms with Gasteiger partial charge in [0.2, 0.25) is 0 Å². The third-order valence-corrected chi connectivity index (χ3v) is 0. The van der Waals surface area contributed by atoms with Gasteiger partial charge in [-0.25, -0.2) is 0 Å². The van der Waals surface area contributed by atoms with Crippen LogP contribution in [0.1, 0.15) is 0 Å². The topological polar surface area (TPSA) is 99.2 Å². The van der Waals surface area contributed by atoms with E-state index in [2.05, 4.69) is 113 Å². The van der Waals surface area contributed by atoms with Crippen molar-refractivity contribution in [3.63, 3.8) is 0 Å². The van der Waals surface area contributed by atoms with Crippen LogP contribution in [0.5, 0.6) is 0 Å². The average molecular weight is 372 g/mol. The molecule has 1 N–H and O–H groups in total. The van der Waals surface area contributed by atoms with E-state index in [0.29, 0.717) is 0 Å². The molecule has 0 aliphatic heterocycles. The predicted molar refractivity (Wildman–Crippen MR) is 104 cm³/mol. The summed E-state index contributed by atoms with van der Waals surface area (Å²) in [5.41, 5.74) is 0. The Morgan fingerprint density at radius 3 is 0.360 bits per heavy atom. The summed E-state index contributed by atoms with van der Waals surface area (Å²) >= 11 is 0. The zero-order valence-electron chi connectivity index (χ0n) is 20.0. The Morgan fingerprint density at radius 1 is 0.360 bits per heavy atom. The van der Waals surface area contributed by atoms with Gasteiger partial charge in [0.15, 0.2) is 0 Å². The van der Waals surface area contributed by atoms with Crippen LogP contribution in [0.25, 0.3) is 0 Å². The fourth-order valence-electron chi connectivity index (χ4n) is 0. The fraction of sp³-hybridized carbons (Fsp3) is 1.00. The Kier molecular flexibility index (Phi) is 27.3. The summed E-state index contributed by atoms with van der Waals surface area (Å²) in [6.07, 6.45) is 0. The number of nitrogens with zero attached hydrogens (tertiary/aromatic N) is 4. The first kappa shape index (κ1) is 39.7. The summed E-state index contributed by atoms with van der Waals surface area (Å²) in [6, 6.07) is 0. The van der Waals surface area contributed by atoms with Crippen molar-refractivity contribution in [2.75, 3.05) is 113 Å². The third kappa shape index (κ3) is 173000. The molecule has 0 saturated heterocycles. The first-order valence-electron chi connectivity index (χ1n) is 7.86. The number of rotatable bonds is 0. The molecule has 0 saturated carbocycles. The van der Waals surface area contributed by atoms with Gasteiger partial charge in [-0.2, -0.15) is 0 Å². The maximum atomic E-state index is 8.42. The smallest absolute Gasteiger partial charge is 0.0675 e. The van der Waals surface area contributed by atoms with Crippen molar-refractivity contribution >= 4 is 7.32 Å². The summed E-state index contributed by atoms with van der Waals surface area (Å²) in [6.45, 7) is 0. The highest BCUT2D eigenvalue weighted by Gasteiger charge is 1.89. The van der Waals surface area contributed by atoms with Gasteiger partial charge in [-0.15, -0.1) is 0 Å². The Labute approximate surface area is 159 Å². The van der Waals surface area contributed by atoms with Gasteiger partial charge >= 0.3 is 0 Å². The highest BCUT2D eigenvalue weighted by Crippen LogP contribution is 1.74. The molecule has 8 nitrogen and oxygen atoms in total. The van der Waals surface area contributed by atoms with E-state index in [0.717, 1.165) is 17.9 Å². The van der Waals surface area contributed by atoms with Gasteiger partial charge in [-0.3, -0.25) is 7.32 Å². The van der Waals surface area contributed by atoms with Gasteiger partial charge in [0.1, 0.15) is 0 Å². The quantitative estimate of drug-likeness (QED) is 0.338. The summed E-state index contributed by atoms with van der Waals surface area (Å²) in [4.78, 5) is 0. The summed E-state index contributed by atoms with van der Waals surface area (Å²) in [5.74, 6) is 0. The van der Waals surface area contributed by atoms with Crippen LogP contribution in [-0.2, 0) is 0 Å². The van der Waals surface area contributed by atoms with Gasteiger partial charge in [0.25, 0.3) is 0 Å². The van der Waals surface area contributed by atoms with Crippen LogP contribution in [0, 0.1) is 0 Å². The van der Waals surface area contributed by atoms with Crippen molar-refractivity contribution in [1.82, 2.24) is 0 Å². The van der Waals surface area contributed by atoms with E-state index >= 15 is 0 Å². The van der Waals surface area contributed by atoms with Crippen molar-refractivity contribution in [2.24, 2.45) is 0 Å². The molecule has 0 aromatic carbocycles. The zero-order chi connectivity index (χ0) is 21.6. The Bertz CT molecular complexity index is 178. The largest absolute Gasteiger partial charge is 0.907 e. The van der Waals surface area contributed by atoms with E-state index in [9.17, 15) is 0 Å². The molecule has 0 amide bonds. The van der Waals surface area contributed by atoms with Crippen molar-refractivity contribution in [2.45, 2.75) is 0 Å². The minimum atomic E-state index is -2.92. The maximum absolute atomic E-state index is 8.42. The molecule has 0 rings (SSSR count). The van der Waals surface area contributed by atoms with Crippen molar-refractivity contribution in [1.29, 1.82) is 0 Å². The predicted octanol–water partition coefficient (Wildman–Crippen LogP) is -2.83. The van der Waals surface area contributed by atoms with E-state index in [-0.39, 0.29) is 5.48 Å². The van der Waals surface area contributed by atoms with Crippen LogP contribution >= 0.6 is 0 Å². The SMILES string of the molecule is C[N+](C)(C)C.C[N+](C)(C)C.C[N+](C)(C)C.C[N+](C)(C)C.[O-]B([O-])[O-].[OH-]. The highest BCUT2D eigenvalue weighted by molar-refractivity contribution is 6.24. The molecule has 0 aromatic rings. The molecule has 0 aliphatic rings. The van der Waals surface area contributed by atoms with E-state index in [1.165, 1.54) is 0 Å². The van der Waals surface area contributed by atoms with E-state index < -0.39 is 7.32 Å². The molecule has 0 heterocycles. The second-order valence-corrected chi connectivity index (χ2v) is 11.0. The maximum Gasteiger partial charge on any atom is 0.0675 e. The third-order valence-electron chi connectivity index (χ3n) is 0. The van der Waals surface area contributed by atoms with Gasteiger partial charge in [0.05, 0.1) is 113 Å². The van der Waals surface area contributed by atoms with E-state index in [1.807, 2.05) is 0 Å². The number of hydrogen-bond donors (Lipinski definition) is 0. The molecule has 0 fully saturated rings. The molecular weight excluding hydrogens is 323 g/mol. The number of hydrogen-bond acceptors (Lipinski definition) is 4. The average Bonchev–Trinajstić information content (AvgIpc) is 1.82. The first-order valence-corrected chi connectivity index (χ1v) is 7.86. The monoisotopic (exact) mass is 372 g/mol. The molecule has 0 aliphatic carbocycles. The highest BCUT2D eigenvalue weighted by atomic mass is 16.5. The second kappa shape index (κ2) is 17.2. The fourth-order valence-corrected chi connectivity index (χ4v) is 0. The standard InChI is InChI=1S/4C4H12N.BO3.H2O/c4*1-5(2,3)4;2-1(3)4;/h4*1-4H3;;1H2/q4*+1;-3;/p-1. The van der Waals surface area contributed by atoms with Crippen LogP contribution in [0.4, 0.5) is 0 Å². The van der Waals surface area contributed by atoms with Gasteiger partial charge < -0.3 is 38.5 Å². The van der Waals surface area contributed by atoms with Gasteiger partial charge in [-0.1, -0.05) is 0 Å². The van der Waals surface area contributed by atoms with E-state index in [4.69, 9.17) is 15.1 Å². The van der Waals surface area contributed by atoms with Crippen molar-refractivity contribution < 1.29 is 38.5 Å². The lowest BCUT2D eigenvalue weighted by molar-refractivity contribution is -0.849. The first-order chi connectivity index (χ1) is 9.73. The zero-order valence-corrected chi connectivity index (χ0v) is 20.0. The lowest BCUT2D eigenvalue weighted by Gasteiger charge is -2.35. The molecular formula is C16H49BN4O4. The molecule has 9 heteroatoms. The molecule has 0 atom stereocenters. The molecule has 0 spiro atoms. The molecule has 160 valence electrons. The molecule has 0 radical (unpaired) electrons. The number of quaternary nitrogens is 4. The lowest BCUT2D eigenvalue weighted by Crippen LogP contribution is -2.56. The van der Waals surface area contributed by atoms with Crippen LogP contribution in [0.2, 0.25) is 0 Å². The van der Waals surface area contributed by atoms with Crippen molar-refractivity contribution in [3.8, 4) is 0 Å². The Balaban J connectivity index is -0.0000000448. The Hall–Kier alpha value is -0.255. The molecule has 25 heavy (non-hydrogen) atoms. The molecule has 0 aromatic heterocycles. The molecule has 0 unspecified atom stereocenters. The summed E-state index contributed by atoms with van der Waals surface area (Å²) in [5, 5.41) is 25.2. The van der Waals surface area contributed by atoms with Crippen molar-refractivity contribution in [3.05, 3.63) is 0 Å². The van der Waals surface area contributed by atoms with Crippen LogP contribution in [0.3, 0.4) is 0 Å². The van der Waals surface area contributed by atoms with Crippen LogP contribution < -0.4 is 15.1 Å². The van der Waals surface area contributed by atoms with Gasteiger partial charge in [0, 0.05) is 0 Å². The second-order valence-electron chi connectivity index (χ2n) is 11.0. The Morgan fingerprint density at radius 2 is 0.360 bits per heavy atom. The molecule has 0 bridgehead atoms. The minimum Gasteiger partial charge on any atom is -0.907 e. The summed E-state index contributed by atoms with van der Waals surface area (Å²) in [7, 11) is 31.1. The summed E-state index contributed by atoms with van der Waals surface area (Å²) < 4.78 is 4.00. The van der Waals surface area contributed by atoms with Crippen LogP contribution in [-0.4, -0.2) is 143 Å². The van der Waals surface area contributed by atoms with E-state index in [1.54, 1.807) is 0 Å². The van der Waals surface area contributed by atoms with Gasteiger partial charge in [-0.05, 0) is 0 Å². The lowest BCUT2D eigenvalue weighted by atomic mass is 10.3. The van der Waals surface area contributed by atoms with Crippen LogP contribution in [0.15, 0.2) is 0 Å². The minimum absolute atomic E-state index is 0.